The number of carboxylic acids is 1. The predicted molar refractivity (Wildman–Crippen MR) is 80.3 cm³/mol. The smallest absolute Gasteiger partial charge is 0.334 e. The molecule has 0 radical (unpaired) electrons. The van der Waals surface area contributed by atoms with Gasteiger partial charge in [0.05, 0.1) is 6.10 Å². The minimum atomic E-state index is -1.38. The number of nitrogens with zero attached hydrogens (tertiary/aromatic N) is 1. The molecule has 21 heavy (non-hydrogen) atoms. The summed E-state index contributed by atoms with van der Waals surface area (Å²) in [5.74, 6) is -0.379. The Labute approximate surface area is 125 Å². The van der Waals surface area contributed by atoms with Gasteiger partial charge in [0.25, 0.3) is 0 Å². The largest absolute Gasteiger partial charge is 0.491 e. The summed E-state index contributed by atoms with van der Waals surface area (Å²) >= 11 is 0. The Morgan fingerprint density at radius 2 is 1.95 bits per heavy atom. The third kappa shape index (κ3) is 3.74. The van der Waals surface area contributed by atoms with Crippen LogP contribution in [-0.4, -0.2) is 35.0 Å². The second-order valence-electron chi connectivity index (χ2n) is 5.37. The first-order valence-corrected chi connectivity index (χ1v) is 7.08. The second-order valence-corrected chi connectivity index (χ2v) is 5.37. The van der Waals surface area contributed by atoms with E-state index in [9.17, 15) is 14.7 Å². The highest BCUT2D eigenvalue weighted by atomic mass is 16.5. The molecule has 1 aromatic carbocycles. The molecule has 0 aromatic heterocycles. The van der Waals surface area contributed by atoms with Crippen LogP contribution in [0.5, 0.6) is 5.75 Å². The zero-order chi connectivity index (χ0) is 16.0. The number of benzene rings is 1. The van der Waals surface area contributed by atoms with Crippen LogP contribution in [0.25, 0.3) is 0 Å². The second kappa shape index (κ2) is 7.11. The third-order valence-electron chi connectivity index (χ3n) is 3.37. The summed E-state index contributed by atoms with van der Waals surface area (Å²) < 4.78 is 5.55. The minimum Gasteiger partial charge on any atom is -0.491 e. The summed E-state index contributed by atoms with van der Waals surface area (Å²) in [6, 6.07) is 6.84. The number of carboxylic acid groups (broad SMARTS) is 1. The van der Waals surface area contributed by atoms with Crippen LogP contribution >= 0.6 is 0 Å². The number of carbonyl (C=O) groups is 2. The van der Waals surface area contributed by atoms with E-state index in [-0.39, 0.29) is 6.10 Å². The van der Waals surface area contributed by atoms with Gasteiger partial charge in [-0.1, -0.05) is 19.1 Å². The fraction of sp³-hybridized carbons (Fsp3) is 0.500. The van der Waals surface area contributed by atoms with Crippen molar-refractivity contribution in [2.45, 2.75) is 45.8 Å². The summed E-state index contributed by atoms with van der Waals surface area (Å²) in [5.41, 5.74) is -0.833. The first kappa shape index (κ1) is 17.0. The SMILES string of the molecule is CCCN(C=O)C(C)(C(=O)O)c1ccc(OC(C)C)cc1. The van der Waals surface area contributed by atoms with Gasteiger partial charge >= 0.3 is 5.97 Å². The molecule has 1 rings (SSSR count). The lowest BCUT2D eigenvalue weighted by Gasteiger charge is -2.35. The molecule has 0 bridgehead atoms. The highest BCUT2D eigenvalue weighted by Crippen LogP contribution is 2.29. The molecule has 1 N–H and O–H groups in total. The van der Waals surface area contributed by atoms with Crippen LogP contribution in [0, 0.1) is 0 Å². The summed E-state index contributed by atoms with van der Waals surface area (Å²) in [6.45, 7) is 7.67. The molecule has 1 aromatic rings. The number of ether oxygens (including phenoxy) is 1. The van der Waals surface area contributed by atoms with Gasteiger partial charge in [-0.2, -0.15) is 0 Å². The van der Waals surface area contributed by atoms with Gasteiger partial charge in [0, 0.05) is 6.54 Å². The molecule has 1 atom stereocenters. The average molecular weight is 293 g/mol. The Morgan fingerprint density at radius 3 is 2.33 bits per heavy atom. The van der Waals surface area contributed by atoms with Gasteiger partial charge in [-0.15, -0.1) is 0 Å². The zero-order valence-corrected chi connectivity index (χ0v) is 13.0. The van der Waals surface area contributed by atoms with Gasteiger partial charge in [-0.3, -0.25) is 4.79 Å². The topological polar surface area (TPSA) is 66.8 Å². The maximum Gasteiger partial charge on any atom is 0.334 e. The van der Waals surface area contributed by atoms with Crippen LogP contribution in [-0.2, 0) is 15.1 Å². The van der Waals surface area contributed by atoms with E-state index in [1.165, 1.54) is 11.8 Å². The molecule has 0 aliphatic heterocycles. The first-order chi connectivity index (χ1) is 9.86. The number of carbonyl (C=O) groups excluding carboxylic acids is 1. The van der Waals surface area contributed by atoms with Crippen LogP contribution in [0.15, 0.2) is 24.3 Å². The summed E-state index contributed by atoms with van der Waals surface area (Å²) in [4.78, 5) is 24.3. The van der Waals surface area contributed by atoms with E-state index in [0.717, 1.165) is 0 Å². The van der Waals surface area contributed by atoms with Crippen molar-refractivity contribution in [2.75, 3.05) is 6.54 Å². The van der Waals surface area contributed by atoms with Crippen molar-refractivity contribution < 1.29 is 19.4 Å². The van der Waals surface area contributed by atoms with E-state index in [1.807, 2.05) is 20.8 Å². The lowest BCUT2D eigenvalue weighted by molar-refractivity contribution is -0.154. The molecule has 0 saturated carbocycles. The Bertz CT molecular complexity index is 484. The van der Waals surface area contributed by atoms with Crippen molar-refractivity contribution >= 4 is 12.4 Å². The molecule has 0 aliphatic rings. The van der Waals surface area contributed by atoms with Crippen molar-refractivity contribution in [3.63, 3.8) is 0 Å². The maximum atomic E-state index is 11.7. The summed E-state index contributed by atoms with van der Waals surface area (Å²) in [5, 5.41) is 9.60. The monoisotopic (exact) mass is 293 g/mol. The van der Waals surface area contributed by atoms with Crippen LogP contribution in [0.4, 0.5) is 0 Å². The zero-order valence-electron chi connectivity index (χ0n) is 13.0. The molecule has 116 valence electrons. The lowest BCUT2D eigenvalue weighted by Crippen LogP contribution is -2.49. The Hall–Kier alpha value is -2.04. The van der Waals surface area contributed by atoms with Gasteiger partial charge in [-0.05, 0) is 44.9 Å². The highest BCUT2D eigenvalue weighted by Gasteiger charge is 2.40. The van der Waals surface area contributed by atoms with Crippen molar-refractivity contribution in [3.8, 4) is 5.75 Å². The van der Waals surface area contributed by atoms with E-state index < -0.39 is 11.5 Å². The number of hydrogen-bond donors (Lipinski definition) is 1. The van der Waals surface area contributed by atoms with E-state index in [2.05, 4.69) is 0 Å². The molecule has 0 fully saturated rings. The van der Waals surface area contributed by atoms with Crippen molar-refractivity contribution in [1.82, 2.24) is 4.90 Å². The van der Waals surface area contributed by atoms with Crippen molar-refractivity contribution in [2.24, 2.45) is 0 Å². The molecular formula is C16H23NO4. The third-order valence-corrected chi connectivity index (χ3v) is 3.37. The van der Waals surface area contributed by atoms with Crippen LogP contribution in [0.2, 0.25) is 0 Å². The van der Waals surface area contributed by atoms with Gasteiger partial charge in [0.1, 0.15) is 5.75 Å². The van der Waals surface area contributed by atoms with Gasteiger partial charge in [-0.25, -0.2) is 4.79 Å². The van der Waals surface area contributed by atoms with E-state index in [4.69, 9.17) is 4.74 Å². The van der Waals surface area contributed by atoms with E-state index in [1.54, 1.807) is 24.3 Å². The Balaban J connectivity index is 3.16. The molecule has 1 unspecified atom stereocenters. The first-order valence-electron chi connectivity index (χ1n) is 7.08. The highest BCUT2D eigenvalue weighted by molar-refractivity contribution is 5.82. The summed E-state index contributed by atoms with van der Waals surface area (Å²) in [7, 11) is 0. The normalized spacial score (nSPS) is 13.6. The quantitative estimate of drug-likeness (QED) is 0.748. The number of amides is 1. The van der Waals surface area contributed by atoms with Crippen molar-refractivity contribution in [3.05, 3.63) is 29.8 Å². The standard InChI is InChI=1S/C16H23NO4/c1-5-10-17(11-18)16(4,15(19)20)13-6-8-14(9-7-13)21-12(2)3/h6-9,11-12H,5,10H2,1-4H3,(H,19,20). The van der Waals surface area contributed by atoms with Crippen LogP contribution in [0.1, 0.15) is 39.7 Å². The fourth-order valence-corrected chi connectivity index (χ4v) is 2.16. The average Bonchev–Trinajstić information content (AvgIpc) is 2.43. The number of hydrogen-bond acceptors (Lipinski definition) is 3. The molecule has 5 heteroatoms. The maximum absolute atomic E-state index is 11.7. The van der Waals surface area contributed by atoms with Crippen LogP contribution in [0.3, 0.4) is 0 Å². The molecule has 0 aliphatic carbocycles. The van der Waals surface area contributed by atoms with E-state index >= 15 is 0 Å². The molecular weight excluding hydrogens is 270 g/mol. The number of rotatable bonds is 8. The molecule has 5 nitrogen and oxygen atoms in total. The van der Waals surface area contributed by atoms with Crippen LogP contribution < -0.4 is 4.74 Å². The fourth-order valence-electron chi connectivity index (χ4n) is 2.16. The predicted octanol–water partition coefficient (Wildman–Crippen LogP) is 2.64. The van der Waals surface area contributed by atoms with Gasteiger partial charge in [0.15, 0.2) is 5.54 Å². The molecule has 1 amide bonds. The molecule has 0 spiro atoms. The Kier molecular flexibility index (Phi) is 5.76. The Morgan fingerprint density at radius 1 is 1.38 bits per heavy atom. The molecule has 0 heterocycles. The van der Waals surface area contributed by atoms with Gasteiger partial charge < -0.3 is 14.7 Å². The molecule has 0 saturated heterocycles. The lowest BCUT2D eigenvalue weighted by atomic mass is 9.90. The summed E-state index contributed by atoms with van der Waals surface area (Å²) in [6.07, 6.45) is 1.33. The number of aliphatic carboxylic acids is 1. The van der Waals surface area contributed by atoms with E-state index in [0.29, 0.717) is 30.7 Å². The van der Waals surface area contributed by atoms with Crippen molar-refractivity contribution in [1.29, 1.82) is 0 Å². The van der Waals surface area contributed by atoms with Gasteiger partial charge in [0.2, 0.25) is 6.41 Å². The minimum absolute atomic E-state index is 0.0493.